The van der Waals surface area contributed by atoms with Gasteiger partial charge in [-0.25, -0.2) is 0 Å². The lowest BCUT2D eigenvalue weighted by Gasteiger charge is -2.07. The molecule has 1 aromatic rings. The minimum atomic E-state index is -0.131. The van der Waals surface area contributed by atoms with Crippen molar-refractivity contribution in [3.63, 3.8) is 0 Å². The van der Waals surface area contributed by atoms with E-state index in [-0.39, 0.29) is 5.97 Å². The van der Waals surface area contributed by atoms with Crippen LogP contribution in [0.1, 0.15) is 57.8 Å². The highest BCUT2D eigenvalue weighted by Gasteiger charge is 2.02. The molecule has 6 nitrogen and oxygen atoms in total. The fourth-order valence-corrected chi connectivity index (χ4v) is 3.45. The minimum Gasteiger partial charge on any atom is -0.494 e. The second-order valence-electron chi connectivity index (χ2n) is 7.54. The average Bonchev–Trinajstić information content (AvgIpc) is 2.81. The Morgan fingerprint density at radius 1 is 0.719 bits per heavy atom. The molecule has 7 heteroatoms. The van der Waals surface area contributed by atoms with Crippen LogP contribution >= 0.6 is 11.8 Å². The number of ether oxygens (including phenoxy) is 5. The van der Waals surface area contributed by atoms with Crippen LogP contribution in [-0.4, -0.2) is 65.6 Å². The standard InChI is InChI=1S/C25H42O6S/c1-27-17-18-28-19-20-29-21-22-31-25(26)11-9-7-5-3-4-6-8-10-16-30-23-12-14-24(32-2)15-13-23/h12-15H,3-11,16-22H2,1-2H3. The van der Waals surface area contributed by atoms with Crippen molar-refractivity contribution in [3.05, 3.63) is 24.3 Å². The van der Waals surface area contributed by atoms with Crippen LogP contribution in [0.5, 0.6) is 5.75 Å². The molecule has 0 bridgehead atoms. The molecule has 0 fully saturated rings. The Labute approximate surface area is 198 Å². The largest absolute Gasteiger partial charge is 0.494 e. The van der Waals surface area contributed by atoms with E-state index in [1.165, 1.54) is 37.0 Å². The molecule has 0 N–H and O–H groups in total. The summed E-state index contributed by atoms with van der Waals surface area (Å²) in [7, 11) is 1.64. The second-order valence-corrected chi connectivity index (χ2v) is 8.42. The number of rotatable bonds is 22. The van der Waals surface area contributed by atoms with E-state index < -0.39 is 0 Å². The van der Waals surface area contributed by atoms with Crippen LogP contribution in [0.15, 0.2) is 29.2 Å². The maximum absolute atomic E-state index is 11.7. The molecule has 0 aliphatic rings. The summed E-state index contributed by atoms with van der Waals surface area (Å²) in [5, 5.41) is 0. The van der Waals surface area contributed by atoms with Gasteiger partial charge in [0.1, 0.15) is 12.4 Å². The lowest BCUT2D eigenvalue weighted by Crippen LogP contribution is -2.13. The lowest BCUT2D eigenvalue weighted by molar-refractivity contribution is -0.145. The minimum absolute atomic E-state index is 0.131. The van der Waals surface area contributed by atoms with Gasteiger partial charge in [0.15, 0.2) is 0 Å². The maximum Gasteiger partial charge on any atom is 0.305 e. The van der Waals surface area contributed by atoms with Crippen molar-refractivity contribution < 1.29 is 28.5 Å². The van der Waals surface area contributed by atoms with Crippen LogP contribution in [0.4, 0.5) is 0 Å². The molecule has 0 unspecified atom stereocenters. The molecule has 1 rings (SSSR count). The monoisotopic (exact) mass is 470 g/mol. The Bertz CT molecular complexity index is 552. The zero-order valence-corrected chi connectivity index (χ0v) is 20.8. The molecule has 32 heavy (non-hydrogen) atoms. The average molecular weight is 471 g/mol. The summed E-state index contributed by atoms with van der Waals surface area (Å²) in [6.07, 6.45) is 11.8. The summed E-state index contributed by atoms with van der Waals surface area (Å²) in [6, 6.07) is 8.27. The van der Waals surface area contributed by atoms with Gasteiger partial charge in [0.2, 0.25) is 0 Å². The molecule has 0 amide bonds. The van der Waals surface area contributed by atoms with E-state index >= 15 is 0 Å². The first-order chi connectivity index (χ1) is 15.8. The summed E-state index contributed by atoms with van der Waals surface area (Å²) in [5.74, 6) is 0.824. The highest BCUT2D eigenvalue weighted by atomic mass is 32.2. The van der Waals surface area contributed by atoms with Gasteiger partial charge in [-0.2, -0.15) is 0 Å². The number of hydrogen-bond donors (Lipinski definition) is 0. The predicted octanol–water partition coefficient (Wildman–Crippen LogP) is 5.52. The molecule has 0 spiro atoms. The zero-order valence-electron chi connectivity index (χ0n) is 20.0. The summed E-state index contributed by atoms with van der Waals surface area (Å²) >= 11 is 1.74. The molecule has 0 aliphatic heterocycles. The van der Waals surface area contributed by atoms with E-state index in [2.05, 4.69) is 18.4 Å². The molecule has 0 radical (unpaired) electrons. The number of benzene rings is 1. The van der Waals surface area contributed by atoms with Crippen molar-refractivity contribution in [2.75, 3.05) is 59.6 Å². The third-order valence-corrected chi connectivity index (χ3v) is 5.64. The molecule has 0 heterocycles. The van der Waals surface area contributed by atoms with Crippen molar-refractivity contribution in [2.24, 2.45) is 0 Å². The molecule has 0 saturated carbocycles. The highest BCUT2D eigenvalue weighted by Crippen LogP contribution is 2.19. The first-order valence-electron chi connectivity index (χ1n) is 11.8. The third-order valence-electron chi connectivity index (χ3n) is 4.90. The van der Waals surface area contributed by atoms with Crippen LogP contribution in [0.2, 0.25) is 0 Å². The number of unbranched alkanes of at least 4 members (excludes halogenated alkanes) is 7. The van der Waals surface area contributed by atoms with Crippen molar-refractivity contribution in [2.45, 2.75) is 62.7 Å². The van der Waals surface area contributed by atoms with Gasteiger partial charge in [-0.3, -0.25) is 4.79 Å². The summed E-state index contributed by atoms with van der Waals surface area (Å²) in [4.78, 5) is 13.0. The molecule has 0 aromatic heterocycles. The Hall–Kier alpha value is -1.28. The number of hydrogen-bond acceptors (Lipinski definition) is 7. The van der Waals surface area contributed by atoms with Gasteiger partial charge in [-0.05, 0) is 43.4 Å². The number of carbonyl (C=O) groups is 1. The Morgan fingerprint density at radius 3 is 1.91 bits per heavy atom. The summed E-state index contributed by atoms with van der Waals surface area (Å²) in [6.45, 7) is 3.68. The first kappa shape index (κ1) is 28.8. The van der Waals surface area contributed by atoms with Crippen LogP contribution in [0.25, 0.3) is 0 Å². The first-order valence-corrected chi connectivity index (χ1v) is 13.1. The van der Waals surface area contributed by atoms with E-state index in [4.69, 9.17) is 23.7 Å². The van der Waals surface area contributed by atoms with Crippen LogP contribution < -0.4 is 4.74 Å². The van der Waals surface area contributed by atoms with Crippen molar-refractivity contribution >= 4 is 17.7 Å². The van der Waals surface area contributed by atoms with Gasteiger partial charge >= 0.3 is 5.97 Å². The summed E-state index contributed by atoms with van der Waals surface area (Å²) in [5.41, 5.74) is 0. The topological polar surface area (TPSA) is 63.2 Å². The molecule has 0 aliphatic carbocycles. The van der Waals surface area contributed by atoms with Gasteiger partial charge in [0.25, 0.3) is 0 Å². The van der Waals surface area contributed by atoms with E-state index in [1.807, 2.05) is 12.1 Å². The smallest absolute Gasteiger partial charge is 0.305 e. The van der Waals surface area contributed by atoms with Gasteiger partial charge in [0.05, 0.1) is 39.6 Å². The van der Waals surface area contributed by atoms with E-state index in [0.29, 0.717) is 46.1 Å². The zero-order chi connectivity index (χ0) is 23.1. The fourth-order valence-electron chi connectivity index (χ4n) is 3.04. The Balaban J connectivity index is 1.78. The predicted molar refractivity (Wildman–Crippen MR) is 130 cm³/mol. The van der Waals surface area contributed by atoms with Crippen molar-refractivity contribution in [1.82, 2.24) is 0 Å². The van der Waals surface area contributed by atoms with Crippen molar-refractivity contribution in [3.8, 4) is 5.75 Å². The normalized spacial score (nSPS) is 10.9. The molecular weight excluding hydrogens is 428 g/mol. The number of esters is 1. The van der Waals surface area contributed by atoms with Crippen LogP contribution in [0.3, 0.4) is 0 Å². The van der Waals surface area contributed by atoms with Gasteiger partial charge in [-0.15, -0.1) is 11.8 Å². The second kappa shape index (κ2) is 21.6. The quantitative estimate of drug-likeness (QED) is 0.126. The number of thioether (sulfide) groups is 1. The molecule has 0 atom stereocenters. The SMILES string of the molecule is COCCOCCOCCOC(=O)CCCCCCCCCCOc1ccc(SC)cc1. The maximum atomic E-state index is 11.7. The molecule has 1 aromatic carbocycles. The Morgan fingerprint density at radius 2 is 1.28 bits per heavy atom. The molecular formula is C25H42O6S. The van der Waals surface area contributed by atoms with E-state index in [0.717, 1.165) is 31.6 Å². The highest BCUT2D eigenvalue weighted by molar-refractivity contribution is 7.98. The van der Waals surface area contributed by atoms with Crippen LogP contribution in [0, 0.1) is 0 Å². The van der Waals surface area contributed by atoms with Gasteiger partial charge in [0, 0.05) is 18.4 Å². The third kappa shape index (κ3) is 17.3. The molecule has 0 saturated heterocycles. The molecule has 184 valence electrons. The Kier molecular flexibility index (Phi) is 19.4. The fraction of sp³-hybridized carbons (Fsp3) is 0.720. The number of carbonyl (C=O) groups excluding carboxylic acids is 1. The lowest BCUT2D eigenvalue weighted by atomic mass is 10.1. The van der Waals surface area contributed by atoms with Crippen molar-refractivity contribution in [1.29, 1.82) is 0 Å². The van der Waals surface area contributed by atoms with Gasteiger partial charge < -0.3 is 23.7 Å². The summed E-state index contributed by atoms with van der Waals surface area (Å²) < 4.78 is 26.5. The van der Waals surface area contributed by atoms with Gasteiger partial charge in [-0.1, -0.05) is 38.5 Å². The van der Waals surface area contributed by atoms with E-state index in [1.54, 1.807) is 18.9 Å². The van der Waals surface area contributed by atoms with Crippen LogP contribution in [-0.2, 0) is 23.7 Å². The van der Waals surface area contributed by atoms with E-state index in [9.17, 15) is 4.79 Å². The number of methoxy groups -OCH3 is 1.